The molecular formula is C31H41N5O6. The van der Waals surface area contributed by atoms with Gasteiger partial charge in [0.15, 0.2) is 0 Å². The highest BCUT2D eigenvalue weighted by atomic mass is 16.5. The van der Waals surface area contributed by atoms with Gasteiger partial charge in [-0.3, -0.25) is 24.2 Å². The van der Waals surface area contributed by atoms with Crippen LogP contribution in [0.3, 0.4) is 0 Å². The van der Waals surface area contributed by atoms with E-state index in [0.717, 1.165) is 10.9 Å². The Balaban J connectivity index is 1.72. The van der Waals surface area contributed by atoms with Crippen LogP contribution in [0.15, 0.2) is 36.4 Å². The number of carbonyl (C=O) groups is 4. The van der Waals surface area contributed by atoms with Crippen molar-refractivity contribution in [1.82, 2.24) is 26.1 Å². The largest absolute Gasteiger partial charge is 0.455 e. The summed E-state index contributed by atoms with van der Waals surface area (Å²) in [6.45, 7) is 9.15. The Kier molecular flexibility index (Phi) is 9.95. The van der Waals surface area contributed by atoms with E-state index < -0.39 is 54.0 Å². The monoisotopic (exact) mass is 579 g/mol. The molecule has 2 aliphatic rings. The highest BCUT2D eigenvalue weighted by molar-refractivity contribution is 5.93. The number of aromatic nitrogens is 1. The number of amides is 3. The van der Waals surface area contributed by atoms with Gasteiger partial charge >= 0.3 is 5.97 Å². The average Bonchev–Trinajstić information content (AvgIpc) is 2.98. The molecule has 3 amide bonds. The number of ether oxygens (including phenoxy) is 2. The molecule has 0 spiro atoms. The maximum absolute atomic E-state index is 13.5. The Morgan fingerprint density at radius 3 is 2.48 bits per heavy atom. The topological polar surface area (TPSA) is 139 Å². The van der Waals surface area contributed by atoms with Crippen LogP contribution in [0, 0.1) is 11.8 Å². The minimum atomic E-state index is -0.901. The van der Waals surface area contributed by atoms with Crippen molar-refractivity contribution >= 4 is 40.7 Å². The Morgan fingerprint density at radius 2 is 1.76 bits per heavy atom. The number of cyclic esters (lactones) is 1. The fourth-order valence-electron chi connectivity index (χ4n) is 5.11. The molecule has 11 heteroatoms. The van der Waals surface area contributed by atoms with Gasteiger partial charge in [0.1, 0.15) is 24.2 Å². The van der Waals surface area contributed by atoms with Crippen LogP contribution >= 0.6 is 0 Å². The number of nitrogens with one attached hydrogen (secondary N) is 3. The van der Waals surface area contributed by atoms with E-state index in [0.29, 0.717) is 30.6 Å². The second-order valence-electron chi connectivity index (χ2n) is 11.4. The van der Waals surface area contributed by atoms with E-state index in [1.807, 2.05) is 50.3 Å². The zero-order valence-electron chi connectivity index (χ0n) is 25.0. The van der Waals surface area contributed by atoms with Gasteiger partial charge in [-0.15, -0.1) is 0 Å². The highest BCUT2D eigenvalue weighted by Gasteiger charge is 2.35. The van der Waals surface area contributed by atoms with Crippen LogP contribution in [0.5, 0.6) is 0 Å². The second-order valence-corrected chi connectivity index (χ2v) is 11.4. The first kappa shape index (κ1) is 31.1. The van der Waals surface area contributed by atoms with Gasteiger partial charge in [-0.05, 0) is 57.2 Å². The van der Waals surface area contributed by atoms with Gasteiger partial charge in [-0.25, -0.2) is 10.4 Å². The van der Waals surface area contributed by atoms with Crippen LogP contribution in [0.2, 0.25) is 0 Å². The number of hydrazine groups is 1. The van der Waals surface area contributed by atoms with E-state index >= 15 is 0 Å². The van der Waals surface area contributed by atoms with Gasteiger partial charge in [-0.1, -0.05) is 44.2 Å². The molecule has 5 bridgehead atoms. The van der Waals surface area contributed by atoms with Gasteiger partial charge in [0.25, 0.3) is 5.91 Å². The summed E-state index contributed by atoms with van der Waals surface area (Å²) in [7, 11) is 1.53. The standard InChI is InChI=1S/C31H41N5O6/c1-17(2)27-29(38)32-18(3)30(39)36-15-7-8-25(35-36)31(40)42-20(5)24-14-12-22-11-9-21(16-26(22)33-24)10-13-23(19(4)41-6)28(37)34-27/h9-14,16-20,23,25,27,35H,7-8,15H2,1-6H3,(H,32,38)(H,34,37). The number of hydrogen-bond acceptors (Lipinski definition) is 8. The second kappa shape index (κ2) is 13.4. The molecule has 4 rings (SSSR count). The summed E-state index contributed by atoms with van der Waals surface area (Å²) in [5, 5.41) is 7.88. The summed E-state index contributed by atoms with van der Waals surface area (Å²) >= 11 is 0. The fraction of sp³-hybridized carbons (Fsp3) is 0.516. The predicted molar refractivity (Wildman–Crippen MR) is 157 cm³/mol. The number of fused-ring (bicyclic) bond motifs is 4. The maximum Gasteiger partial charge on any atom is 0.325 e. The van der Waals surface area contributed by atoms with Gasteiger partial charge in [-0.2, -0.15) is 0 Å². The van der Waals surface area contributed by atoms with Crippen molar-refractivity contribution in [1.29, 1.82) is 0 Å². The first-order valence-electron chi connectivity index (χ1n) is 14.5. The third-order valence-corrected chi connectivity index (χ3v) is 7.84. The summed E-state index contributed by atoms with van der Waals surface area (Å²) in [6.07, 6.45) is 3.57. The molecule has 2 aromatic rings. The molecule has 0 aliphatic carbocycles. The molecular weight excluding hydrogens is 538 g/mol. The molecule has 3 heterocycles. The lowest BCUT2D eigenvalue weighted by Gasteiger charge is -2.35. The van der Waals surface area contributed by atoms with E-state index in [4.69, 9.17) is 14.5 Å². The quantitative estimate of drug-likeness (QED) is 0.472. The SMILES string of the molecule is COC(C)C1C=Cc2ccc3ccc(nc3c2)C(C)OC(=O)C2CCCN(N2)C(=O)C(C)NC(=O)C(C(C)C)NC1=O. The van der Waals surface area contributed by atoms with Gasteiger partial charge in [0.2, 0.25) is 11.8 Å². The van der Waals surface area contributed by atoms with E-state index in [1.54, 1.807) is 26.8 Å². The molecule has 1 aromatic carbocycles. The molecule has 1 aromatic heterocycles. The van der Waals surface area contributed by atoms with Crippen LogP contribution in [-0.4, -0.2) is 71.6 Å². The van der Waals surface area contributed by atoms with Crippen molar-refractivity contribution < 1.29 is 28.7 Å². The Morgan fingerprint density at radius 1 is 1.02 bits per heavy atom. The lowest BCUT2D eigenvalue weighted by molar-refractivity contribution is -0.157. The lowest BCUT2D eigenvalue weighted by Crippen LogP contribution is -2.61. The minimum absolute atomic E-state index is 0.254. The van der Waals surface area contributed by atoms with Gasteiger partial charge < -0.3 is 20.1 Å². The van der Waals surface area contributed by atoms with Crippen LogP contribution in [0.25, 0.3) is 17.0 Å². The van der Waals surface area contributed by atoms with Crippen molar-refractivity contribution in [2.75, 3.05) is 13.7 Å². The normalized spacial score (nSPS) is 27.0. The summed E-state index contributed by atoms with van der Waals surface area (Å²) in [5.74, 6) is -2.67. The number of esters is 1. The number of hydrogen-bond donors (Lipinski definition) is 3. The van der Waals surface area contributed by atoms with E-state index in [2.05, 4.69) is 16.1 Å². The van der Waals surface area contributed by atoms with Crippen molar-refractivity contribution in [3.8, 4) is 0 Å². The number of benzene rings is 1. The fourth-order valence-corrected chi connectivity index (χ4v) is 5.11. The molecule has 0 saturated carbocycles. The average molecular weight is 580 g/mol. The van der Waals surface area contributed by atoms with E-state index in [1.165, 1.54) is 12.1 Å². The third-order valence-electron chi connectivity index (χ3n) is 7.84. The maximum atomic E-state index is 13.5. The number of carbonyl (C=O) groups excluding carboxylic acids is 4. The third kappa shape index (κ3) is 7.14. The summed E-state index contributed by atoms with van der Waals surface area (Å²) in [5.41, 5.74) is 5.09. The minimum Gasteiger partial charge on any atom is -0.455 e. The first-order chi connectivity index (χ1) is 20.0. The zero-order chi connectivity index (χ0) is 30.6. The lowest BCUT2D eigenvalue weighted by atomic mass is 9.97. The van der Waals surface area contributed by atoms with Crippen molar-refractivity contribution in [2.24, 2.45) is 11.8 Å². The van der Waals surface area contributed by atoms with Crippen LogP contribution in [-0.2, 0) is 28.7 Å². The number of nitrogens with zero attached hydrogens (tertiary/aromatic N) is 2. The van der Waals surface area contributed by atoms with E-state index in [9.17, 15) is 19.2 Å². The molecule has 6 atom stereocenters. The summed E-state index contributed by atoms with van der Waals surface area (Å²) in [4.78, 5) is 57.9. The molecule has 1 saturated heterocycles. The van der Waals surface area contributed by atoms with Gasteiger partial charge in [0.05, 0.1) is 23.2 Å². The number of pyridine rings is 1. The molecule has 226 valence electrons. The van der Waals surface area contributed by atoms with Crippen LogP contribution in [0.4, 0.5) is 0 Å². The van der Waals surface area contributed by atoms with E-state index in [-0.39, 0.29) is 11.8 Å². The van der Waals surface area contributed by atoms with Crippen LogP contribution < -0.4 is 16.1 Å². The first-order valence-corrected chi connectivity index (χ1v) is 14.5. The summed E-state index contributed by atoms with van der Waals surface area (Å²) in [6, 6.07) is 7.00. The van der Waals surface area contributed by atoms with Crippen molar-refractivity contribution in [3.05, 3.63) is 47.7 Å². The van der Waals surface area contributed by atoms with Crippen LogP contribution in [0.1, 0.15) is 64.8 Å². The Labute approximate surface area is 246 Å². The molecule has 3 N–H and O–H groups in total. The molecule has 1 fully saturated rings. The summed E-state index contributed by atoms with van der Waals surface area (Å²) < 4.78 is 11.3. The molecule has 0 radical (unpaired) electrons. The van der Waals surface area contributed by atoms with Crippen molar-refractivity contribution in [3.63, 3.8) is 0 Å². The molecule has 11 nitrogen and oxygen atoms in total. The zero-order valence-corrected chi connectivity index (χ0v) is 25.0. The smallest absolute Gasteiger partial charge is 0.325 e. The predicted octanol–water partition coefficient (Wildman–Crippen LogP) is 2.66. The number of rotatable bonds is 3. The van der Waals surface area contributed by atoms with Gasteiger partial charge in [0, 0.05) is 19.0 Å². The molecule has 2 aliphatic heterocycles. The number of methoxy groups -OCH3 is 1. The van der Waals surface area contributed by atoms with Crippen molar-refractivity contribution in [2.45, 2.75) is 77.8 Å². The molecule has 6 unspecified atom stereocenters. The molecule has 42 heavy (non-hydrogen) atoms. The Bertz CT molecular complexity index is 1360. The highest BCUT2D eigenvalue weighted by Crippen LogP contribution is 2.23. The Hall–Kier alpha value is -3.83.